The van der Waals surface area contributed by atoms with Gasteiger partial charge < -0.3 is 10.2 Å². The fourth-order valence-corrected chi connectivity index (χ4v) is 2.80. The van der Waals surface area contributed by atoms with Crippen molar-refractivity contribution in [1.82, 2.24) is 9.97 Å². The normalized spacial score (nSPS) is 23.5. The molecule has 0 bridgehead atoms. The lowest BCUT2D eigenvalue weighted by molar-refractivity contribution is 0.322. The molecule has 0 spiro atoms. The number of aromatic nitrogens is 2. The van der Waals surface area contributed by atoms with Crippen LogP contribution >= 0.6 is 15.9 Å². The van der Waals surface area contributed by atoms with Gasteiger partial charge in [-0.2, -0.15) is 4.98 Å². The zero-order valence-corrected chi connectivity index (χ0v) is 13.6. The van der Waals surface area contributed by atoms with Gasteiger partial charge in [-0.3, -0.25) is 0 Å². The van der Waals surface area contributed by atoms with Crippen LogP contribution in [0.15, 0.2) is 10.7 Å². The monoisotopic (exact) mass is 326 g/mol. The first-order valence-electron chi connectivity index (χ1n) is 7.13. The third kappa shape index (κ3) is 3.59. The minimum absolute atomic E-state index is 0.711. The molecule has 0 amide bonds. The largest absolute Gasteiger partial charge is 0.355 e. The van der Waals surface area contributed by atoms with Gasteiger partial charge in [-0.15, -0.1) is 0 Å². The second-order valence-electron chi connectivity index (χ2n) is 5.48. The van der Waals surface area contributed by atoms with Crippen LogP contribution in [0, 0.1) is 11.8 Å². The van der Waals surface area contributed by atoms with Gasteiger partial charge in [0.1, 0.15) is 5.82 Å². The van der Waals surface area contributed by atoms with Crippen molar-refractivity contribution < 1.29 is 0 Å². The Morgan fingerprint density at radius 3 is 2.89 bits per heavy atom. The van der Waals surface area contributed by atoms with Crippen molar-refractivity contribution >= 4 is 27.7 Å². The summed E-state index contributed by atoms with van der Waals surface area (Å²) in [5, 5.41) is 3.25. The van der Waals surface area contributed by atoms with E-state index in [0.29, 0.717) is 5.92 Å². The maximum atomic E-state index is 4.65. The van der Waals surface area contributed by atoms with Crippen LogP contribution in [0.1, 0.15) is 33.6 Å². The summed E-state index contributed by atoms with van der Waals surface area (Å²) in [7, 11) is 0. The highest BCUT2D eigenvalue weighted by molar-refractivity contribution is 9.10. The minimum Gasteiger partial charge on any atom is -0.355 e. The molecule has 1 aromatic heterocycles. The Kier molecular flexibility index (Phi) is 5.02. The maximum absolute atomic E-state index is 4.65. The fourth-order valence-electron chi connectivity index (χ4n) is 2.36. The molecule has 1 saturated heterocycles. The van der Waals surface area contributed by atoms with Crippen molar-refractivity contribution in [3.05, 3.63) is 10.7 Å². The molecule has 0 radical (unpaired) electrons. The zero-order valence-electron chi connectivity index (χ0n) is 12.0. The molecule has 1 aliphatic rings. The van der Waals surface area contributed by atoms with E-state index in [1.807, 2.05) is 6.20 Å². The van der Waals surface area contributed by atoms with Crippen molar-refractivity contribution in [1.29, 1.82) is 0 Å². The molecule has 0 aliphatic carbocycles. The molecule has 5 heteroatoms. The molecule has 4 nitrogen and oxygen atoms in total. The smallest absolute Gasteiger partial charge is 0.224 e. The lowest BCUT2D eigenvalue weighted by Gasteiger charge is -2.36. The summed E-state index contributed by atoms with van der Waals surface area (Å²) in [4.78, 5) is 11.3. The Balaban J connectivity index is 2.14. The fraction of sp³-hybridized carbons (Fsp3) is 0.714. The van der Waals surface area contributed by atoms with Crippen molar-refractivity contribution in [3.63, 3.8) is 0 Å². The molecule has 0 saturated carbocycles. The highest BCUT2D eigenvalue weighted by Gasteiger charge is 2.25. The standard InChI is InChI=1S/C14H23BrN4/c1-4-6-16-14-17-8-12(15)13(18-14)19-7-5-10(2)11(3)9-19/h8,10-11H,4-7,9H2,1-3H3,(H,16,17,18). The number of anilines is 2. The van der Waals surface area contributed by atoms with Gasteiger partial charge in [0.15, 0.2) is 0 Å². The second-order valence-corrected chi connectivity index (χ2v) is 6.34. The van der Waals surface area contributed by atoms with Crippen LogP contribution in [0.2, 0.25) is 0 Å². The van der Waals surface area contributed by atoms with Gasteiger partial charge in [0, 0.05) is 25.8 Å². The van der Waals surface area contributed by atoms with Crippen LogP contribution in [0.5, 0.6) is 0 Å². The predicted molar refractivity (Wildman–Crippen MR) is 83.7 cm³/mol. The summed E-state index contributed by atoms with van der Waals surface area (Å²) < 4.78 is 0.983. The molecule has 106 valence electrons. The van der Waals surface area contributed by atoms with E-state index in [1.54, 1.807) is 0 Å². The summed E-state index contributed by atoms with van der Waals surface area (Å²) in [6.45, 7) is 9.86. The van der Waals surface area contributed by atoms with Crippen LogP contribution in [-0.4, -0.2) is 29.6 Å². The van der Waals surface area contributed by atoms with Crippen molar-refractivity contribution in [3.8, 4) is 0 Å². The Hall–Kier alpha value is -0.840. The summed E-state index contributed by atoms with van der Waals surface area (Å²) in [5.41, 5.74) is 0. The average Bonchev–Trinajstić information content (AvgIpc) is 2.41. The van der Waals surface area contributed by atoms with E-state index in [1.165, 1.54) is 6.42 Å². The van der Waals surface area contributed by atoms with E-state index in [4.69, 9.17) is 0 Å². The number of nitrogens with zero attached hydrogens (tertiary/aromatic N) is 3. The summed E-state index contributed by atoms with van der Waals surface area (Å²) in [6.07, 6.45) is 4.16. The average molecular weight is 327 g/mol. The molecule has 1 aromatic rings. The van der Waals surface area contributed by atoms with Crippen LogP contribution in [0.3, 0.4) is 0 Å². The van der Waals surface area contributed by atoms with Gasteiger partial charge in [-0.1, -0.05) is 20.8 Å². The third-order valence-corrected chi connectivity index (χ3v) is 4.45. The minimum atomic E-state index is 0.711. The van der Waals surface area contributed by atoms with E-state index in [-0.39, 0.29) is 0 Å². The third-order valence-electron chi connectivity index (χ3n) is 3.89. The van der Waals surface area contributed by atoms with Gasteiger partial charge in [0.05, 0.1) is 4.47 Å². The van der Waals surface area contributed by atoms with E-state index >= 15 is 0 Å². The molecule has 2 heterocycles. The molecule has 2 unspecified atom stereocenters. The summed E-state index contributed by atoms with van der Waals surface area (Å²) >= 11 is 3.57. The van der Waals surface area contributed by atoms with Crippen molar-refractivity contribution in [2.24, 2.45) is 11.8 Å². The summed E-state index contributed by atoms with van der Waals surface area (Å²) in [6, 6.07) is 0. The highest BCUT2D eigenvalue weighted by atomic mass is 79.9. The topological polar surface area (TPSA) is 41.1 Å². The molecule has 2 rings (SSSR count). The Morgan fingerprint density at radius 1 is 1.42 bits per heavy atom. The zero-order chi connectivity index (χ0) is 13.8. The van der Waals surface area contributed by atoms with Crippen LogP contribution in [-0.2, 0) is 0 Å². The van der Waals surface area contributed by atoms with Crippen LogP contribution in [0.25, 0.3) is 0 Å². The van der Waals surface area contributed by atoms with Crippen molar-refractivity contribution in [2.75, 3.05) is 29.9 Å². The van der Waals surface area contributed by atoms with E-state index in [9.17, 15) is 0 Å². The lowest BCUT2D eigenvalue weighted by Crippen LogP contribution is -2.39. The molecule has 1 N–H and O–H groups in total. The van der Waals surface area contributed by atoms with E-state index in [2.05, 4.69) is 56.9 Å². The molecule has 1 aliphatic heterocycles. The number of hydrogen-bond donors (Lipinski definition) is 1. The first-order chi connectivity index (χ1) is 9.11. The van der Waals surface area contributed by atoms with E-state index < -0.39 is 0 Å². The molecule has 0 aromatic carbocycles. The van der Waals surface area contributed by atoms with Gasteiger partial charge in [-0.25, -0.2) is 4.98 Å². The van der Waals surface area contributed by atoms with E-state index in [0.717, 1.165) is 48.2 Å². The Bertz CT molecular complexity index is 424. The highest BCUT2D eigenvalue weighted by Crippen LogP contribution is 2.30. The van der Waals surface area contributed by atoms with Crippen LogP contribution < -0.4 is 10.2 Å². The molecule has 19 heavy (non-hydrogen) atoms. The van der Waals surface area contributed by atoms with Gasteiger partial charge in [0.25, 0.3) is 0 Å². The molecular weight excluding hydrogens is 304 g/mol. The lowest BCUT2D eigenvalue weighted by atomic mass is 9.89. The Morgan fingerprint density at radius 2 is 2.21 bits per heavy atom. The molecule has 2 atom stereocenters. The Labute approximate surface area is 124 Å². The number of piperidine rings is 1. The van der Waals surface area contributed by atoms with Gasteiger partial charge in [-0.05, 0) is 40.6 Å². The number of hydrogen-bond acceptors (Lipinski definition) is 4. The molecule has 1 fully saturated rings. The molecular formula is C14H23BrN4. The second kappa shape index (κ2) is 6.55. The maximum Gasteiger partial charge on any atom is 0.224 e. The summed E-state index contributed by atoms with van der Waals surface area (Å²) in [5.74, 6) is 3.26. The SMILES string of the molecule is CCCNc1ncc(Br)c(N2CCC(C)C(C)C2)n1. The van der Waals surface area contributed by atoms with Gasteiger partial charge >= 0.3 is 0 Å². The predicted octanol–water partition coefficient (Wildman–Crippen LogP) is 3.54. The van der Waals surface area contributed by atoms with Gasteiger partial charge in [0.2, 0.25) is 5.95 Å². The number of halogens is 1. The van der Waals surface area contributed by atoms with Crippen LogP contribution in [0.4, 0.5) is 11.8 Å². The number of rotatable bonds is 4. The quantitative estimate of drug-likeness (QED) is 0.918. The first-order valence-corrected chi connectivity index (χ1v) is 7.92. The first kappa shape index (κ1) is 14.6. The van der Waals surface area contributed by atoms with Crippen molar-refractivity contribution in [2.45, 2.75) is 33.6 Å². The number of nitrogens with one attached hydrogen (secondary N) is 1.